The summed E-state index contributed by atoms with van der Waals surface area (Å²) in [6.07, 6.45) is 6.34. The van der Waals surface area contributed by atoms with E-state index in [0.29, 0.717) is 11.3 Å². The molecule has 1 heterocycles. The lowest BCUT2D eigenvalue weighted by Crippen LogP contribution is -2.44. The van der Waals surface area contributed by atoms with Crippen molar-refractivity contribution in [1.29, 1.82) is 0 Å². The first-order chi connectivity index (χ1) is 10.2. The summed E-state index contributed by atoms with van der Waals surface area (Å²) in [6, 6.07) is 7.49. The minimum atomic E-state index is -1.53. The van der Waals surface area contributed by atoms with Crippen LogP contribution in [0.5, 0.6) is 0 Å². The molecule has 1 aliphatic heterocycles. The van der Waals surface area contributed by atoms with Crippen LogP contribution in [0.15, 0.2) is 65.9 Å². The van der Waals surface area contributed by atoms with E-state index in [1.165, 1.54) is 0 Å². The first-order valence-corrected chi connectivity index (χ1v) is 6.42. The van der Waals surface area contributed by atoms with Gasteiger partial charge in [0, 0.05) is 16.2 Å². The van der Waals surface area contributed by atoms with Crippen LogP contribution in [0.3, 0.4) is 0 Å². The van der Waals surface area contributed by atoms with E-state index < -0.39 is 23.0 Å². The van der Waals surface area contributed by atoms with E-state index in [1.807, 2.05) is 18.2 Å². The number of esters is 1. The lowest BCUT2D eigenvalue weighted by molar-refractivity contribution is -0.501. The second-order valence-electron chi connectivity index (χ2n) is 4.65. The monoisotopic (exact) mass is 284 g/mol. The predicted molar refractivity (Wildman–Crippen MR) is 76.0 cm³/mol. The van der Waals surface area contributed by atoms with Gasteiger partial charge in [-0.05, 0) is 18.2 Å². The quantitative estimate of drug-likeness (QED) is 0.522. The van der Waals surface area contributed by atoms with E-state index >= 15 is 0 Å². The molecule has 6 heteroatoms. The van der Waals surface area contributed by atoms with Crippen LogP contribution >= 0.6 is 0 Å². The number of rotatable bonds is 3. The first kappa shape index (κ1) is 13.1. The van der Waals surface area contributed by atoms with Gasteiger partial charge in [-0.3, -0.25) is 10.1 Å². The fourth-order valence-electron chi connectivity index (χ4n) is 2.34. The Labute approximate surface area is 120 Å². The summed E-state index contributed by atoms with van der Waals surface area (Å²) in [7, 11) is 0. The lowest BCUT2D eigenvalue weighted by atomic mass is 9.95. The summed E-state index contributed by atoms with van der Waals surface area (Å²) in [4.78, 5) is 22.5. The van der Waals surface area contributed by atoms with E-state index in [1.54, 1.807) is 36.4 Å². The zero-order valence-electron chi connectivity index (χ0n) is 10.9. The van der Waals surface area contributed by atoms with Gasteiger partial charge in [0.25, 0.3) is 0 Å². The number of ether oxygens (including phenoxy) is 1. The van der Waals surface area contributed by atoms with Crippen LogP contribution in [0.1, 0.15) is 0 Å². The van der Waals surface area contributed by atoms with Gasteiger partial charge in [0.15, 0.2) is 0 Å². The molecule has 0 saturated heterocycles. The van der Waals surface area contributed by atoms with Gasteiger partial charge >= 0.3 is 12.0 Å². The van der Waals surface area contributed by atoms with Gasteiger partial charge in [-0.1, -0.05) is 36.4 Å². The molecule has 0 unspecified atom stereocenters. The van der Waals surface area contributed by atoms with Crippen molar-refractivity contribution in [3.63, 3.8) is 0 Å². The van der Waals surface area contributed by atoms with Crippen LogP contribution in [-0.2, 0) is 9.53 Å². The Morgan fingerprint density at radius 2 is 1.95 bits per heavy atom. The summed E-state index contributed by atoms with van der Waals surface area (Å²) in [5.74, 6) is -0.855. The highest BCUT2D eigenvalue weighted by atomic mass is 16.6. The number of nitrogens with zero attached hydrogens (tertiary/aromatic N) is 1. The maximum Gasteiger partial charge on any atom is 0.389 e. The van der Waals surface area contributed by atoms with Crippen LogP contribution in [-0.4, -0.2) is 23.0 Å². The Balaban J connectivity index is 2.06. The Kier molecular flexibility index (Phi) is 3.27. The highest BCUT2D eigenvalue weighted by Crippen LogP contribution is 2.29. The molecule has 0 saturated carbocycles. The van der Waals surface area contributed by atoms with Gasteiger partial charge < -0.3 is 10.1 Å². The van der Waals surface area contributed by atoms with Gasteiger partial charge in [0.2, 0.25) is 0 Å². The van der Waals surface area contributed by atoms with Gasteiger partial charge in [-0.15, -0.1) is 0 Å². The number of carbonyl (C=O) groups excluding carboxylic acids is 1. The van der Waals surface area contributed by atoms with Gasteiger partial charge in [-0.25, -0.2) is 4.79 Å². The first-order valence-electron chi connectivity index (χ1n) is 6.42. The highest BCUT2D eigenvalue weighted by Gasteiger charge is 2.44. The Morgan fingerprint density at radius 1 is 1.19 bits per heavy atom. The van der Waals surface area contributed by atoms with E-state index in [4.69, 9.17) is 4.74 Å². The highest BCUT2D eigenvalue weighted by molar-refractivity contribution is 5.83. The molecule has 0 bridgehead atoms. The van der Waals surface area contributed by atoms with Crippen LogP contribution in [0, 0.1) is 10.1 Å². The number of allylic oxidation sites excluding steroid dienone is 2. The van der Waals surface area contributed by atoms with Crippen molar-refractivity contribution in [2.45, 2.75) is 12.1 Å². The van der Waals surface area contributed by atoms with Gasteiger partial charge in [0.05, 0.1) is 0 Å². The molecule has 0 aromatic heterocycles. The Bertz CT molecular complexity index is 676. The second-order valence-corrected chi connectivity index (χ2v) is 4.65. The minimum Gasteiger partial charge on any atom is -0.448 e. The van der Waals surface area contributed by atoms with Gasteiger partial charge in [-0.2, -0.15) is 0 Å². The summed E-state index contributed by atoms with van der Waals surface area (Å²) >= 11 is 0. The van der Waals surface area contributed by atoms with Crippen molar-refractivity contribution in [3.8, 4) is 0 Å². The van der Waals surface area contributed by atoms with Crippen LogP contribution in [0.2, 0.25) is 0 Å². The third-order valence-electron chi connectivity index (χ3n) is 3.29. The molecule has 0 radical (unpaired) electrons. The summed E-state index contributed by atoms with van der Waals surface area (Å²) in [5.41, 5.74) is 1.54. The largest absolute Gasteiger partial charge is 0.448 e. The molecule has 1 N–H and O–H groups in total. The van der Waals surface area contributed by atoms with E-state index in [-0.39, 0.29) is 5.70 Å². The summed E-state index contributed by atoms with van der Waals surface area (Å²) < 4.78 is 5.12. The maximum atomic E-state index is 11.9. The number of nitro groups is 1. The molecule has 3 rings (SSSR count). The molecule has 0 spiro atoms. The number of hydrogen-bond acceptors (Lipinski definition) is 5. The molecule has 2 atom stereocenters. The third kappa shape index (κ3) is 2.43. The molecular weight excluding hydrogens is 272 g/mol. The minimum absolute atomic E-state index is 0.257. The zero-order chi connectivity index (χ0) is 14.8. The molecule has 1 aromatic carbocycles. The number of carbonyl (C=O) groups is 1. The normalized spacial score (nSPS) is 23.5. The topological polar surface area (TPSA) is 81.5 Å². The second kappa shape index (κ2) is 5.24. The summed E-state index contributed by atoms with van der Waals surface area (Å²) in [5, 5.41) is 14.2. The number of fused-ring (bicyclic) bond motifs is 1. The van der Waals surface area contributed by atoms with Crippen LogP contribution in [0.4, 0.5) is 5.69 Å². The molecule has 0 amide bonds. The van der Waals surface area contributed by atoms with Crippen molar-refractivity contribution in [2.24, 2.45) is 0 Å². The van der Waals surface area contributed by atoms with Crippen molar-refractivity contribution in [3.05, 3.63) is 76.0 Å². The SMILES string of the molecule is O=C1O[C@@H]2C=CC=CC2=C(Nc2ccccc2)[C@@H]1[N+](=O)[O-]. The lowest BCUT2D eigenvalue weighted by Gasteiger charge is -2.28. The number of nitrogens with one attached hydrogen (secondary N) is 1. The standard InChI is InChI=1S/C15H12N2O4/c18-15-14(17(19)20)13(16-10-6-2-1-3-7-10)11-8-4-5-9-12(11)21-15/h1-9,12,14,16H/t12-,14+/m1/s1. The molecule has 0 fully saturated rings. The fraction of sp³-hybridized carbons (Fsp3) is 0.133. The van der Waals surface area contributed by atoms with Gasteiger partial charge in [0.1, 0.15) is 11.8 Å². The molecular formula is C15H12N2O4. The molecule has 1 aliphatic carbocycles. The molecule has 106 valence electrons. The van der Waals surface area contributed by atoms with E-state index in [2.05, 4.69) is 5.32 Å². The molecule has 2 aliphatic rings. The van der Waals surface area contributed by atoms with Crippen LogP contribution < -0.4 is 5.32 Å². The number of benzene rings is 1. The maximum absolute atomic E-state index is 11.9. The van der Waals surface area contributed by atoms with E-state index in [9.17, 15) is 14.9 Å². The van der Waals surface area contributed by atoms with Crippen molar-refractivity contribution in [1.82, 2.24) is 0 Å². The zero-order valence-corrected chi connectivity index (χ0v) is 10.9. The fourth-order valence-corrected chi connectivity index (χ4v) is 2.34. The third-order valence-corrected chi connectivity index (χ3v) is 3.29. The Hall–Kier alpha value is -2.89. The van der Waals surface area contributed by atoms with Crippen molar-refractivity contribution < 1.29 is 14.5 Å². The Morgan fingerprint density at radius 3 is 2.67 bits per heavy atom. The predicted octanol–water partition coefficient (Wildman–Crippen LogP) is 2.05. The average molecular weight is 284 g/mol. The smallest absolute Gasteiger partial charge is 0.389 e. The number of para-hydroxylation sites is 1. The van der Waals surface area contributed by atoms with E-state index in [0.717, 1.165) is 0 Å². The number of anilines is 1. The van der Waals surface area contributed by atoms with Crippen molar-refractivity contribution in [2.75, 3.05) is 5.32 Å². The molecule has 6 nitrogen and oxygen atoms in total. The summed E-state index contributed by atoms with van der Waals surface area (Å²) in [6.45, 7) is 0. The molecule has 1 aromatic rings. The molecule has 21 heavy (non-hydrogen) atoms. The average Bonchev–Trinajstić information content (AvgIpc) is 2.47. The van der Waals surface area contributed by atoms with Crippen LogP contribution in [0.25, 0.3) is 0 Å². The van der Waals surface area contributed by atoms with Crippen molar-refractivity contribution >= 4 is 11.7 Å². The number of hydrogen-bond donors (Lipinski definition) is 1.